The van der Waals surface area contributed by atoms with E-state index in [0.717, 1.165) is 12.8 Å². The van der Waals surface area contributed by atoms with Gasteiger partial charge in [-0.25, -0.2) is 0 Å². The van der Waals surface area contributed by atoms with Crippen LogP contribution in [-0.2, 0) is 0 Å². The van der Waals surface area contributed by atoms with E-state index in [1.165, 1.54) is 11.5 Å². The first-order valence-electron chi connectivity index (χ1n) is 5.20. The summed E-state index contributed by atoms with van der Waals surface area (Å²) in [7, 11) is 0. The Morgan fingerprint density at radius 1 is 1.23 bits per heavy atom. The number of nitrogens with zero attached hydrogens (tertiary/aromatic N) is 1. The van der Waals surface area contributed by atoms with Gasteiger partial charge in [-0.05, 0) is 30.3 Å². The minimum absolute atomic E-state index is 0.00521. The highest BCUT2D eigenvalue weighted by Crippen LogP contribution is 2.40. The highest BCUT2D eigenvalue weighted by Gasteiger charge is 2.35. The SMILES string of the molecule is CC.CC(C)C1(C#N)CCSCC1. The topological polar surface area (TPSA) is 23.8 Å². The van der Waals surface area contributed by atoms with Gasteiger partial charge in [-0.15, -0.1) is 0 Å². The maximum atomic E-state index is 9.05. The zero-order chi connectivity index (χ0) is 10.3. The molecule has 0 saturated carbocycles. The number of rotatable bonds is 1. The van der Waals surface area contributed by atoms with E-state index < -0.39 is 0 Å². The number of nitriles is 1. The van der Waals surface area contributed by atoms with Crippen molar-refractivity contribution < 1.29 is 0 Å². The van der Waals surface area contributed by atoms with Crippen LogP contribution in [0.2, 0.25) is 0 Å². The normalized spacial score (nSPS) is 20.0. The maximum absolute atomic E-state index is 9.05. The summed E-state index contributed by atoms with van der Waals surface area (Å²) in [4.78, 5) is 0. The van der Waals surface area contributed by atoms with E-state index in [9.17, 15) is 0 Å². The third kappa shape index (κ3) is 3.23. The molecule has 0 unspecified atom stereocenters. The molecule has 0 amide bonds. The van der Waals surface area contributed by atoms with Crippen molar-refractivity contribution in [2.75, 3.05) is 11.5 Å². The lowest BCUT2D eigenvalue weighted by atomic mass is 9.74. The first-order chi connectivity index (χ1) is 6.21. The summed E-state index contributed by atoms with van der Waals surface area (Å²) in [5.74, 6) is 2.87. The second-order valence-corrected chi connectivity index (χ2v) is 4.76. The Balaban J connectivity index is 0.000000671. The first kappa shape index (κ1) is 12.8. The average molecular weight is 199 g/mol. The van der Waals surface area contributed by atoms with Gasteiger partial charge in [0.25, 0.3) is 0 Å². The molecule has 0 radical (unpaired) electrons. The summed E-state index contributed by atoms with van der Waals surface area (Å²) in [6.07, 6.45) is 2.18. The largest absolute Gasteiger partial charge is 0.198 e. The van der Waals surface area contributed by atoms with Gasteiger partial charge in [-0.3, -0.25) is 0 Å². The van der Waals surface area contributed by atoms with Gasteiger partial charge in [-0.2, -0.15) is 17.0 Å². The molecule has 0 atom stereocenters. The second kappa shape index (κ2) is 6.32. The van der Waals surface area contributed by atoms with Gasteiger partial charge in [0.15, 0.2) is 0 Å². The molecular weight excluding hydrogens is 178 g/mol. The average Bonchev–Trinajstić information content (AvgIpc) is 2.21. The van der Waals surface area contributed by atoms with Crippen LogP contribution in [0.25, 0.3) is 0 Å². The van der Waals surface area contributed by atoms with Gasteiger partial charge < -0.3 is 0 Å². The molecule has 1 fully saturated rings. The monoisotopic (exact) mass is 199 g/mol. The van der Waals surface area contributed by atoms with Crippen LogP contribution in [0.1, 0.15) is 40.5 Å². The molecule has 0 aromatic heterocycles. The van der Waals surface area contributed by atoms with Gasteiger partial charge >= 0.3 is 0 Å². The fourth-order valence-electron chi connectivity index (χ4n) is 1.55. The number of hydrogen-bond acceptors (Lipinski definition) is 2. The van der Waals surface area contributed by atoms with Crippen LogP contribution in [-0.4, -0.2) is 11.5 Å². The summed E-state index contributed by atoms with van der Waals surface area (Å²) in [6.45, 7) is 8.33. The third-order valence-electron chi connectivity index (χ3n) is 2.71. The van der Waals surface area contributed by atoms with Gasteiger partial charge in [0.2, 0.25) is 0 Å². The van der Waals surface area contributed by atoms with Crippen LogP contribution in [0.5, 0.6) is 0 Å². The molecule has 1 saturated heterocycles. The van der Waals surface area contributed by atoms with E-state index in [-0.39, 0.29) is 5.41 Å². The minimum Gasteiger partial charge on any atom is -0.198 e. The quantitative estimate of drug-likeness (QED) is 0.643. The van der Waals surface area contributed by atoms with Crippen LogP contribution in [0.3, 0.4) is 0 Å². The van der Waals surface area contributed by atoms with E-state index >= 15 is 0 Å². The van der Waals surface area contributed by atoms with Crippen molar-refractivity contribution in [1.29, 1.82) is 5.26 Å². The first-order valence-corrected chi connectivity index (χ1v) is 6.36. The van der Waals surface area contributed by atoms with Crippen LogP contribution in [0.4, 0.5) is 0 Å². The van der Waals surface area contributed by atoms with E-state index in [4.69, 9.17) is 5.26 Å². The number of hydrogen-bond donors (Lipinski definition) is 0. The summed E-state index contributed by atoms with van der Waals surface area (Å²) in [6, 6.07) is 2.50. The Bertz CT molecular complexity index is 163. The smallest absolute Gasteiger partial charge is 0.0693 e. The van der Waals surface area contributed by atoms with Gasteiger partial charge in [0.05, 0.1) is 11.5 Å². The summed E-state index contributed by atoms with van der Waals surface area (Å²) < 4.78 is 0. The predicted molar refractivity (Wildman–Crippen MR) is 60.8 cm³/mol. The van der Waals surface area contributed by atoms with Crippen molar-refractivity contribution in [1.82, 2.24) is 0 Å². The molecule has 1 rings (SSSR count). The molecule has 1 nitrogen and oxygen atoms in total. The Hall–Kier alpha value is -0.160. The minimum atomic E-state index is 0.00521. The molecule has 0 aromatic carbocycles. The molecule has 0 N–H and O–H groups in total. The van der Waals surface area contributed by atoms with Crippen molar-refractivity contribution >= 4 is 11.8 Å². The Kier molecular flexibility index (Phi) is 6.24. The third-order valence-corrected chi connectivity index (χ3v) is 3.70. The van der Waals surface area contributed by atoms with Crippen LogP contribution in [0, 0.1) is 22.7 Å². The predicted octanol–water partition coefficient (Wildman–Crippen LogP) is 3.71. The van der Waals surface area contributed by atoms with E-state index in [2.05, 4.69) is 19.9 Å². The van der Waals surface area contributed by atoms with Crippen molar-refractivity contribution in [2.45, 2.75) is 40.5 Å². The lowest BCUT2D eigenvalue weighted by Gasteiger charge is -2.33. The maximum Gasteiger partial charge on any atom is 0.0693 e. The van der Waals surface area contributed by atoms with E-state index in [1.807, 2.05) is 25.6 Å². The zero-order valence-electron chi connectivity index (χ0n) is 9.26. The molecule has 1 aliphatic rings. The van der Waals surface area contributed by atoms with E-state index in [1.54, 1.807) is 0 Å². The lowest BCUT2D eigenvalue weighted by molar-refractivity contribution is 0.255. The fourth-order valence-corrected chi connectivity index (χ4v) is 2.78. The van der Waals surface area contributed by atoms with Crippen LogP contribution >= 0.6 is 11.8 Å². The molecule has 0 bridgehead atoms. The van der Waals surface area contributed by atoms with Crippen LogP contribution in [0.15, 0.2) is 0 Å². The molecule has 2 heteroatoms. The van der Waals surface area contributed by atoms with Crippen molar-refractivity contribution in [3.63, 3.8) is 0 Å². The Labute approximate surface area is 86.9 Å². The van der Waals surface area contributed by atoms with Gasteiger partial charge in [0, 0.05) is 0 Å². The highest BCUT2D eigenvalue weighted by molar-refractivity contribution is 7.99. The van der Waals surface area contributed by atoms with E-state index in [0.29, 0.717) is 5.92 Å². The summed E-state index contributed by atoms with van der Waals surface area (Å²) in [5.41, 5.74) is 0.00521. The Morgan fingerprint density at radius 3 is 1.92 bits per heavy atom. The molecule has 0 spiro atoms. The van der Waals surface area contributed by atoms with Gasteiger partial charge in [-0.1, -0.05) is 27.7 Å². The molecule has 1 aliphatic heterocycles. The molecule has 0 aromatic rings. The summed E-state index contributed by atoms with van der Waals surface area (Å²) >= 11 is 1.98. The number of thioether (sulfide) groups is 1. The lowest BCUT2D eigenvalue weighted by Crippen LogP contribution is -2.29. The van der Waals surface area contributed by atoms with Crippen LogP contribution < -0.4 is 0 Å². The zero-order valence-corrected chi connectivity index (χ0v) is 10.1. The van der Waals surface area contributed by atoms with Crippen molar-refractivity contribution in [3.8, 4) is 6.07 Å². The standard InChI is InChI=1S/C9H15NS.C2H6/c1-8(2)9(7-10)3-5-11-6-4-9;1-2/h8H,3-6H2,1-2H3;1-2H3. The molecular formula is C11H21NS. The second-order valence-electron chi connectivity index (χ2n) is 3.54. The molecule has 76 valence electrons. The molecule has 0 aliphatic carbocycles. The molecule has 1 heterocycles. The molecule has 13 heavy (non-hydrogen) atoms. The van der Waals surface area contributed by atoms with Gasteiger partial charge in [0.1, 0.15) is 0 Å². The summed E-state index contributed by atoms with van der Waals surface area (Å²) in [5, 5.41) is 9.05. The Morgan fingerprint density at radius 2 is 1.69 bits per heavy atom. The highest BCUT2D eigenvalue weighted by atomic mass is 32.2. The van der Waals surface area contributed by atoms with Crippen molar-refractivity contribution in [2.24, 2.45) is 11.3 Å². The van der Waals surface area contributed by atoms with Crippen molar-refractivity contribution in [3.05, 3.63) is 0 Å². The fraction of sp³-hybridized carbons (Fsp3) is 0.909.